The first-order valence-electron chi connectivity index (χ1n) is 19.7. The molecule has 0 aromatic heterocycles. The number of aliphatic hydroxyl groups excluding tert-OH is 1. The number of ether oxygens (including phenoxy) is 2. The van der Waals surface area contributed by atoms with Gasteiger partial charge in [-0.2, -0.15) is 5.06 Å². The van der Waals surface area contributed by atoms with E-state index in [0.29, 0.717) is 34.6 Å². The molecule has 56 heavy (non-hydrogen) atoms. The molecular formula is C44H59N5O7. The summed E-state index contributed by atoms with van der Waals surface area (Å²) in [7, 11) is 6.67. The standard InChI is InChI=1S/C44H59N5O7/c1-25-34-21-31(44(34,3)4)22-35(25)46-42(52)39-38(26(2)50)37(23-45)56-49(39)24-28-15-12-16-33(40(28)54-7)29-18-30(20-32(19-29)48(5)6)41(51)47-36(43(53)55-8)17-27-13-10-9-11-14-27/h9-16,18-20,25-26,31,34-39,50H,17,21-24,45H2,1-8H3,(H,46,52)(H,47,51)/t25-,26-,31+,34-,35?,36+,37-,38+,39-/m0/s1. The van der Waals surface area contributed by atoms with Gasteiger partial charge in [-0.05, 0) is 72.3 Å². The molecule has 7 rings (SSSR count). The Morgan fingerprint density at radius 2 is 1.79 bits per heavy atom. The third-order valence-corrected chi connectivity index (χ3v) is 12.8. The van der Waals surface area contributed by atoms with Gasteiger partial charge < -0.3 is 35.8 Å². The van der Waals surface area contributed by atoms with Gasteiger partial charge in [0.25, 0.3) is 5.91 Å². The van der Waals surface area contributed by atoms with E-state index in [2.05, 4.69) is 31.4 Å². The van der Waals surface area contributed by atoms with E-state index < -0.39 is 42.1 Å². The molecule has 0 radical (unpaired) electrons. The van der Waals surface area contributed by atoms with Crippen molar-refractivity contribution < 1.29 is 33.8 Å². The molecule has 12 heteroatoms. The molecule has 4 fully saturated rings. The molecule has 2 amide bonds. The smallest absolute Gasteiger partial charge is 0.328 e. The van der Waals surface area contributed by atoms with Crippen molar-refractivity contribution in [2.45, 2.75) is 83.8 Å². The SMILES string of the molecule is COC(=O)[C@@H](Cc1ccccc1)NC(=O)c1cc(-c2cccc(CN3O[C@@H](CN)[C@@H]([C@H](C)O)[C@H]3C(=O)NC3C[C@H]4C[C@@H]([C@@H]3C)C4(C)C)c2OC)cc(N(C)C)c1. The van der Waals surface area contributed by atoms with E-state index in [1.165, 1.54) is 13.5 Å². The van der Waals surface area contributed by atoms with E-state index in [1.807, 2.05) is 73.6 Å². The number of hydrogen-bond donors (Lipinski definition) is 4. The van der Waals surface area contributed by atoms with Crippen LogP contribution in [0, 0.1) is 29.1 Å². The number of aliphatic hydroxyl groups is 1. The van der Waals surface area contributed by atoms with E-state index in [1.54, 1.807) is 31.2 Å². The summed E-state index contributed by atoms with van der Waals surface area (Å²) in [4.78, 5) is 49.3. The molecule has 1 saturated heterocycles. The maximum Gasteiger partial charge on any atom is 0.328 e. The Morgan fingerprint density at radius 3 is 2.39 bits per heavy atom. The van der Waals surface area contributed by atoms with E-state index in [0.717, 1.165) is 28.8 Å². The minimum Gasteiger partial charge on any atom is -0.496 e. The van der Waals surface area contributed by atoms with Gasteiger partial charge in [0.15, 0.2) is 0 Å². The number of esters is 1. The predicted octanol–water partition coefficient (Wildman–Crippen LogP) is 4.57. The van der Waals surface area contributed by atoms with Crippen molar-refractivity contribution >= 4 is 23.5 Å². The molecule has 3 aliphatic carbocycles. The largest absolute Gasteiger partial charge is 0.496 e. The number of hydroxylamine groups is 2. The number of nitrogens with two attached hydrogens (primary N) is 1. The summed E-state index contributed by atoms with van der Waals surface area (Å²) in [6, 6.07) is 19.1. The number of fused-ring (bicyclic) bond motifs is 2. The second-order valence-electron chi connectivity index (χ2n) is 16.7. The molecule has 0 spiro atoms. The second-order valence-corrected chi connectivity index (χ2v) is 16.7. The first-order chi connectivity index (χ1) is 26.7. The minimum absolute atomic E-state index is 0.0437. The number of carbonyl (C=O) groups excluding carboxylic acids is 3. The lowest BCUT2D eigenvalue weighted by molar-refractivity contribution is -0.175. The van der Waals surface area contributed by atoms with Crippen LogP contribution in [0.4, 0.5) is 5.69 Å². The Bertz CT molecular complexity index is 1880. The number of amides is 2. The Morgan fingerprint density at radius 1 is 1.05 bits per heavy atom. The van der Waals surface area contributed by atoms with Crippen LogP contribution in [0.1, 0.15) is 62.0 Å². The molecular weight excluding hydrogens is 711 g/mol. The highest BCUT2D eigenvalue weighted by molar-refractivity contribution is 5.99. The lowest BCUT2D eigenvalue weighted by atomic mass is 9.45. The summed E-state index contributed by atoms with van der Waals surface area (Å²) in [5.41, 5.74) is 10.6. The molecule has 5 N–H and O–H groups in total. The van der Waals surface area contributed by atoms with E-state index in [9.17, 15) is 19.5 Å². The molecule has 1 unspecified atom stereocenters. The van der Waals surface area contributed by atoms with Crippen LogP contribution < -0.4 is 26.0 Å². The van der Waals surface area contributed by atoms with Crippen LogP contribution in [0.5, 0.6) is 5.75 Å². The van der Waals surface area contributed by atoms with E-state index in [4.69, 9.17) is 20.0 Å². The molecule has 3 aromatic rings. The van der Waals surface area contributed by atoms with Gasteiger partial charge in [0, 0.05) is 61.4 Å². The summed E-state index contributed by atoms with van der Waals surface area (Å²) in [6.45, 7) is 8.91. The first kappa shape index (κ1) is 41.2. The van der Waals surface area contributed by atoms with Crippen LogP contribution in [-0.2, 0) is 32.1 Å². The molecule has 1 heterocycles. The highest BCUT2D eigenvalue weighted by atomic mass is 16.7. The number of methoxy groups -OCH3 is 2. The van der Waals surface area contributed by atoms with Crippen LogP contribution in [0.3, 0.4) is 0 Å². The number of hydrogen-bond acceptors (Lipinski definition) is 10. The number of carbonyl (C=O) groups is 3. The lowest BCUT2D eigenvalue weighted by Crippen LogP contribution is -2.62. The predicted molar refractivity (Wildman–Crippen MR) is 216 cm³/mol. The summed E-state index contributed by atoms with van der Waals surface area (Å²) >= 11 is 0. The van der Waals surface area contributed by atoms with Crippen LogP contribution in [-0.4, -0.2) is 93.1 Å². The van der Waals surface area contributed by atoms with E-state index >= 15 is 0 Å². The molecule has 1 aliphatic heterocycles. The van der Waals surface area contributed by atoms with Crippen molar-refractivity contribution in [3.8, 4) is 16.9 Å². The van der Waals surface area contributed by atoms with Gasteiger partial charge in [-0.1, -0.05) is 69.3 Å². The summed E-state index contributed by atoms with van der Waals surface area (Å²) in [5.74, 6) is 0.310. The van der Waals surface area contributed by atoms with Crippen molar-refractivity contribution in [1.29, 1.82) is 0 Å². The second kappa shape index (κ2) is 16.9. The Kier molecular flexibility index (Phi) is 12.4. The van der Waals surface area contributed by atoms with Crippen molar-refractivity contribution in [3.63, 3.8) is 0 Å². The molecule has 2 bridgehead atoms. The summed E-state index contributed by atoms with van der Waals surface area (Å²) < 4.78 is 11.1. The van der Waals surface area contributed by atoms with Gasteiger partial charge in [0.05, 0.1) is 33.0 Å². The van der Waals surface area contributed by atoms with Crippen molar-refractivity contribution in [2.75, 3.05) is 39.8 Å². The highest BCUT2D eigenvalue weighted by Crippen LogP contribution is 2.61. The number of nitrogens with one attached hydrogen (secondary N) is 2. The molecule has 3 saturated carbocycles. The zero-order chi connectivity index (χ0) is 40.5. The van der Waals surface area contributed by atoms with Gasteiger partial charge >= 0.3 is 5.97 Å². The van der Waals surface area contributed by atoms with Gasteiger partial charge in [-0.25, -0.2) is 4.79 Å². The van der Waals surface area contributed by atoms with Crippen molar-refractivity contribution in [2.24, 2.45) is 34.8 Å². The normalized spacial score (nSPS) is 26.4. The monoisotopic (exact) mass is 769 g/mol. The Labute approximate surface area is 331 Å². The summed E-state index contributed by atoms with van der Waals surface area (Å²) in [5, 5.41) is 18.9. The third kappa shape index (κ3) is 8.16. The van der Waals surface area contributed by atoms with E-state index in [-0.39, 0.29) is 36.9 Å². The Balaban J connectivity index is 1.29. The van der Waals surface area contributed by atoms with Crippen LogP contribution in [0.2, 0.25) is 0 Å². The third-order valence-electron chi connectivity index (χ3n) is 12.8. The fraction of sp³-hybridized carbons (Fsp3) is 0.523. The molecule has 3 aromatic carbocycles. The zero-order valence-corrected chi connectivity index (χ0v) is 34.0. The quantitative estimate of drug-likeness (QED) is 0.172. The number of anilines is 1. The number of rotatable bonds is 14. The maximum atomic E-state index is 14.3. The molecule has 4 aliphatic rings. The first-order valence-corrected chi connectivity index (χ1v) is 19.7. The van der Waals surface area contributed by atoms with Crippen LogP contribution in [0.15, 0.2) is 66.7 Å². The average Bonchev–Trinajstić information content (AvgIpc) is 3.56. The number of benzene rings is 3. The lowest BCUT2D eigenvalue weighted by Gasteiger charge is -2.62. The minimum atomic E-state index is -0.897. The molecule has 302 valence electrons. The van der Waals surface area contributed by atoms with Crippen LogP contribution in [0.25, 0.3) is 11.1 Å². The van der Waals surface area contributed by atoms with Gasteiger partial charge in [0.1, 0.15) is 17.8 Å². The maximum absolute atomic E-state index is 14.3. The molecule has 12 nitrogen and oxygen atoms in total. The Hall–Kier alpha value is -4.49. The van der Waals surface area contributed by atoms with Crippen molar-refractivity contribution in [1.82, 2.24) is 15.7 Å². The number of para-hydroxylation sites is 1. The highest BCUT2D eigenvalue weighted by Gasteiger charge is 2.57. The van der Waals surface area contributed by atoms with Crippen molar-refractivity contribution in [3.05, 3.63) is 83.4 Å². The topological polar surface area (TPSA) is 156 Å². The van der Waals surface area contributed by atoms with Gasteiger partial charge in [-0.15, -0.1) is 0 Å². The van der Waals surface area contributed by atoms with Gasteiger partial charge in [-0.3, -0.25) is 14.4 Å². The fourth-order valence-corrected chi connectivity index (χ4v) is 9.46. The molecule has 9 atom stereocenters. The van der Waals surface area contributed by atoms with Crippen LogP contribution >= 0.6 is 0 Å². The van der Waals surface area contributed by atoms with Gasteiger partial charge in [0.2, 0.25) is 5.91 Å². The number of nitrogens with zero attached hydrogens (tertiary/aromatic N) is 2. The zero-order valence-electron chi connectivity index (χ0n) is 34.0. The fourth-order valence-electron chi connectivity index (χ4n) is 9.46. The summed E-state index contributed by atoms with van der Waals surface area (Å²) in [6.07, 6.45) is 0.990. The average molecular weight is 770 g/mol.